The summed E-state index contributed by atoms with van der Waals surface area (Å²) in [5.74, 6) is 0.649. The number of carbonyl (C=O) groups is 1. The van der Waals surface area contributed by atoms with Crippen molar-refractivity contribution in [2.45, 2.75) is 39.3 Å². The van der Waals surface area contributed by atoms with Crippen molar-refractivity contribution in [2.24, 2.45) is 0 Å². The summed E-state index contributed by atoms with van der Waals surface area (Å²) in [6.45, 7) is 5.11. The number of nitrogens with zero attached hydrogens (tertiary/aromatic N) is 1. The molecule has 0 fully saturated rings. The van der Waals surface area contributed by atoms with Gasteiger partial charge in [0.05, 0.1) is 32.4 Å². The van der Waals surface area contributed by atoms with Crippen molar-refractivity contribution in [1.82, 2.24) is 4.90 Å². The zero-order chi connectivity index (χ0) is 15.7. The molecule has 5 nitrogen and oxygen atoms in total. The van der Waals surface area contributed by atoms with Crippen LogP contribution in [0.15, 0.2) is 6.07 Å². The molecule has 0 radical (unpaired) electrons. The Hall–Kier alpha value is -1.59. The van der Waals surface area contributed by atoms with Gasteiger partial charge in [-0.2, -0.15) is 0 Å². The van der Waals surface area contributed by atoms with Crippen molar-refractivity contribution in [3.63, 3.8) is 0 Å². The molecule has 21 heavy (non-hydrogen) atoms. The van der Waals surface area contributed by atoms with Crippen molar-refractivity contribution < 1.29 is 19.7 Å². The first-order valence-corrected chi connectivity index (χ1v) is 7.13. The number of methoxy groups -OCH3 is 1. The second kappa shape index (κ2) is 6.03. The second-order valence-electron chi connectivity index (χ2n) is 5.59. The topological polar surface area (TPSA) is 70.0 Å². The van der Waals surface area contributed by atoms with Crippen LogP contribution in [-0.4, -0.2) is 47.4 Å². The van der Waals surface area contributed by atoms with Gasteiger partial charge in [-0.25, -0.2) is 0 Å². The van der Waals surface area contributed by atoms with Crippen LogP contribution in [0.2, 0.25) is 0 Å². The van der Waals surface area contributed by atoms with E-state index < -0.39 is 6.04 Å². The molecule has 5 heteroatoms. The number of amides is 1. The molecule has 1 aromatic rings. The first-order valence-electron chi connectivity index (χ1n) is 7.13. The highest BCUT2D eigenvalue weighted by Crippen LogP contribution is 2.40. The summed E-state index contributed by atoms with van der Waals surface area (Å²) in [5.41, 5.74) is 3.99. The van der Waals surface area contributed by atoms with Gasteiger partial charge >= 0.3 is 0 Å². The molecule has 2 rings (SSSR count). The monoisotopic (exact) mass is 293 g/mol. The molecule has 0 saturated carbocycles. The van der Waals surface area contributed by atoms with E-state index in [4.69, 9.17) is 4.74 Å². The van der Waals surface area contributed by atoms with Gasteiger partial charge in [0.1, 0.15) is 5.75 Å². The van der Waals surface area contributed by atoms with E-state index in [1.165, 1.54) is 6.92 Å². The summed E-state index contributed by atoms with van der Waals surface area (Å²) >= 11 is 0. The Bertz CT molecular complexity index is 556. The average molecular weight is 293 g/mol. The summed E-state index contributed by atoms with van der Waals surface area (Å²) in [7, 11) is 1.62. The summed E-state index contributed by atoms with van der Waals surface area (Å²) in [6.07, 6.45) is 0.591. The Kier molecular flexibility index (Phi) is 4.54. The summed E-state index contributed by atoms with van der Waals surface area (Å²) in [6, 6.07) is 1.31. The molecule has 1 aromatic carbocycles. The molecule has 0 spiro atoms. The van der Waals surface area contributed by atoms with Gasteiger partial charge in [-0.15, -0.1) is 0 Å². The van der Waals surface area contributed by atoms with E-state index in [-0.39, 0.29) is 25.2 Å². The Morgan fingerprint density at radius 3 is 2.52 bits per heavy atom. The minimum absolute atomic E-state index is 0.111. The van der Waals surface area contributed by atoms with Crippen LogP contribution in [0.25, 0.3) is 0 Å². The zero-order valence-electron chi connectivity index (χ0n) is 13.0. The fourth-order valence-corrected chi connectivity index (χ4v) is 3.56. The lowest BCUT2D eigenvalue weighted by Crippen LogP contribution is -2.49. The molecule has 0 saturated heterocycles. The molecule has 0 bridgehead atoms. The number of hydrogen-bond donors (Lipinski definition) is 2. The van der Waals surface area contributed by atoms with Crippen LogP contribution in [0.4, 0.5) is 0 Å². The van der Waals surface area contributed by atoms with E-state index in [0.29, 0.717) is 6.42 Å². The van der Waals surface area contributed by atoms with Crippen molar-refractivity contribution in [2.75, 3.05) is 20.3 Å². The van der Waals surface area contributed by atoms with E-state index in [1.54, 1.807) is 12.0 Å². The number of ether oxygens (including phenoxy) is 1. The van der Waals surface area contributed by atoms with Gasteiger partial charge in [0.15, 0.2) is 0 Å². The average Bonchev–Trinajstić information content (AvgIpc) is 2.45. The highest BCUT2D eigenvalue weighted by Gasteiger charge is 2.37. The molecule has 116 valence electrons. The van der Waals surface area contributed by atoms with Gasteiger partial charge in [-0.1, -0.05) is 6.07 Å². The smallest absolute Gasteiger partial charge is 0.220 e. The third kappa shape index (κ3) is 2.51. The third-order valence-electron chi connectivity index (χ3n) is 4.31. The number of hydrogen-bond acceptors (Lipinski definition) is 4. The molecule has 0 aliphatic carbocycles. The predicted molar refractivity (Wildman–Crippen MR) is 79.4 cm³/mol. The quantitative estimate of drug-likeness (QED) is 0.876. The second-order valence-corrected chi connectivity index (χ2v) is 5.59. The first-order chi connectivity index (χ1) is 9.96. The Morgan fingerprint density at radius 1 is 1.38 bits per heavy atom. The standard InChI is InChI=1S/C16H23NO4/c1-9-5-12-6-13(7-18)17(11(3)20)14(8-19)15(12)10(2)16(9)21-4/h5,13-14,18-19H,6-8H2,1-4H3. The number of aliphatic hydroxyl groups is 2. The number of aryl methyl sites for hydroxylation is 1. The van der Waals surface area contributed by atoms with Gasteiger partial charge in [0.25, 0.3) is 0 Å². The van der Waals surface area contributed by atoms with E-state index in [1.807, 2.05) is 19.9 Å². The summed E-state index contributed by atoms with van der Waals surface area (Å²) < 4.78 is 5.45. The molecule has 0 aromatic heterocycles. The van der Waals surface area contributed by atoms with Crippen molar-refractivity contribution in [3.05, 3.63) is 28.3 Å². The van der Waals surface area contributed by atoms with Gasteiger partial charge in [-0.05, 0) is 42.5 Å². The maximum Gasteiger partial charge on any atom is 0.220 e. The molecule has 2 unspecified atom stereocenters. The summed E-state index contributed by atoms with van der Waals surface area (Å²) in [4.78, 5) is 13.5. The number of rotatable bonds is 3. The molecular weight excluding hydrogens is 270 g/mol. The predicted octanol–water partition coefficient (Wildman–Crippen LogP) is 1.11. The van der Waals surface area contributed by atoms with E-state index >= 15 is 0 Å². The zero-order valence-corrected chi connectivity index (χ0v) is 13.0. The van der Waals surface area contributed by atoms with E-state index in [2.05, 4.69) is 0 Å². The normalized spacial score (nSPS) is 21.1. The molecular formula is C16H23NO4. The lowest BCUT2D eigenvalue weighted by Gasteiger charge is -2.42. The minimum Gasteiger partial charge on any atom is -0.496 e. The van der Waals surface area contributed by atoms with Crippen LogP contribution in [0.3, 0.4) is 0 Å². The van der Waals surface area contributed by atoms with Crippen LogP contribution in [0.5, 0.6) is 5.75 Å². The highest BCUT2D eigenvalue weighted by molar-refractivity contribution is 5.75. The van der Waals surface area contributed by atoms with Crippen LogP contribution in [0.1, 0.15) is 35.2 Å². The van der Waals surface area contributed by atoms with Crippen LogP contribution < -0.4 is 4.74 Å². The molecule has 2 N–H and O–H groups in total. The third-order valence-corrected chi connectivity index (χ3v) is 4.31. The molecule has 1 aliphatic rings. The van der Waals surface area contributed by atoms with Gasteiger partial charge in [0.2, 0.25) is 5.91 Å². The highest BCUT2D eigenvalue weighted by atomic mass is 16.5. The number of aliphatic hydroxyl groups excluding tert-OH is 2. The van der Waals surface area contributed by atoms with E-state index in [0.717, 1.165) is 28.0 Å². The number of carbonyl (C=O) groups excluding carboxylic acids is 1. The van der Waals surface area contributed by atoms with Gasteiger partial charge < -0.3 is 19.8 Å². The molecule has 1 amide bonds. The summed E-state index contributed by atoms with van der Waals surface area (Å²) in [5, 5.41) is 19.4. The van der Waals surface area contributed by atoms with Crippen LogP contribution in [0, 0.1) is 13.8 Å². The SMILES string of the molecule is COc1c(C)cc2c(c1C)C(CO)N(C(C)=O)C(CO)C2. The maximum atomic E-state index is 12.0. The van der Waals surface area contributed by atoms with Crippen LogP contribution in [-0.2, 0) is 11.2 Å². The number of benzene rings is 1. The first kappa shape index (κ1) is 15.8. The Labute approximate surface area is 125 Å². The number of fused-ring (bicyclic) bond motifs is 1. The van der Waals surface area contributed by atoms with Gasteiger partial charge in [-0.3, -0.25) is 4.79 Å². The minimum atomic E-state index is -0.433. The van der Waals surface area contributed by atoms with E-state index in [9.17, 15) is 15.0 Å². The molecule has 1 aliphatic heterocycles. The Morgan fingerprint density at radius 2 is 2.05 bits per heavy atom. The lowest BCUT2D eigenvalue weighted by molar-refractivity contribution is -0.137. The maximum absolute atomic E-state index is 12.0. The molecule has 1 heterocycles. The fraction of sp³-hybridized carbons (Fsp3) is 0.562. The molecule has 2 atom stereocenters. The van der Waals surface area contributed by atoms with Gasteiger partial charge in [0, 0.05) is 6.92 Å². The van der Waals surface area contributed by atoms with Crippen molar-refractivity contribution >= 4 is 5.91 Å². The van der Waals surface area contributed by atoms with Crippen molar-refractivity contribution in [1.29, 1.82) is 0 Å². The lowest BCUT2D eigenvalue weighted by atomic mass is 9.84. The van der Waals surface area contributed by atoms with Crippen LogP contribution >= 0.6 is 0 Å². The Balaban J connectivity index is 2.65. The van der Waals surface area contributed by atoms with Crippen molar-refractivity contribution in [3.8, 4) is 5.75 Å². The largest absolute Gasteiger partial charge is 0.496 e. The fourth-order valence-electron chi connectivity index (χ4n) is 3.56.